The van der Waals surface area contributed by atoms with E-state index < -0.39 is 0 Å². The van der Waals surface area contributed by atoms with Gasteiger partial charge in [-0.3, -0.25) is 0 Å². The second-order valence-corrected chi connectivity index (χ2v) is 5.52. The lowest BCUT2D eigenvalue weighted by Crippen LogP contribution is -2.24. The molecule has 0 fully saturated rings. The Balaban J connectivity index is 2.38. The Hall–Kier alpha value is -1.80. The Morgan fingerprint density at radius 3 is 2.38 bits per heavy atom. The molecule has 2 rings (SSSR count). The van der Waals surface area contributed by atoms with Crippen LogP contribution in [0.15, 0.2) is 42.5 Å². The van der Waals surface area contributed by atoms with Gasteiger partial charge < -0.3 is 10.1 Å². The van der Waals surface area contributed by atoms with Crippen molar-refractivity contribution in [3.05, 3.63) is 64.7 Å². The second kappa shape index (κ2) is 7.28. The van der Waals surface area contributed by atoms with Crippen LogP contribution in [0.1, 0.15) is 41.6 Å². The molecule has 0 saturated carbocycles. The first kappa shape index (κ1) is 15.6. The molecule has 1 unspecified atom stereocenters. The smallest absolute Gasteiger partial charge is 0.118 e. The summed E-state index contributed by atoms with van der Waals surface area (Å²) in [5.74, 6) is 0.897. The highest BCUT2D eigenvalue weighted by molar-refractivity contribution is 5.40. The second-order valence-electron chi connectivity index (χ2n) is 5.52. The lowest BCUT2D eigenvalue weighted by atomic mass is 9.93. The Morgan fingerprint density at radius 1 is 1.05 bits per heavy atom. The fraction of sp³-hybridized carbons (Fsp3) is 0.368. The Kier molecular flexibility index (Phi) is 5.40. The molecule has 0 saturated heterocycles. The first-order chi connectivity index (χ1) is 10.2. The number of benzene rings is 2. The van der Waals surface area contributed by atoms with E-state index in [2.05, 4.69) is 56.4 Å². The number of methoxy groups -OCH3 is 1. The van der Waals surface area contributed by atoms with Crippen molar-refractivity contribution in [3.63, 3.8) is 0 Å². The lowest BCUT2D eigenvalue weighted by molar-refractivity contribution is 0.414. The molecular formula is C19H25NO. The fourth-order valence-electron chi connectivity index (χ4n) is 2.56. The van der Waals surface area contributed by atoms with Crippen molar-refractivity contribution < 1.29 is 4.74 Å². The zero-order valence-corrected chi connectivity index (χ0v) is 13.4. The molecule has 0 aliphatic carbocycles. The summed E-state index contributed by atoms with van der Waals surface area (Å²) in [5.41, 5.74) is 5.25. The van der Waals surface area contributed by atoms with Crippen LogP contribution in [0.4, 0.5) is 0 Å². The van der Waals surface area contributed by atoms with Gasteiger partial charge in [-0.05, 0) is 55.6 Å². The van der Waals surface area contributed by atoms with E-state index in [1.807, 2.05) is 12.1 Å². The molecule has 0 aliphatic heterocycles. The van der Waals surface area contributed by atoms with Crippen LogP contribution in [0.5, 0.6) is 5.75 Å². The number of rotatable bonds is 6. The van der Waals surface area contributed by atoms with Gasteiger partial charge in [0.15, 0.2) is 0 Å². The van der Waals surface area contributed by atoms with Crippen LogP contribution in [-0.4, -0.2) is 13.7 Å². The van der Waals surface area contributed by atoms with Gasteiger partial charge in [-0.15, -0.1) is 0 Å². The standard InChI is InChI=1S/C19H25NO/c1-5-12-20-19(16-8-10-17(21-4)11-9-16)18-13-14(2)6-7-15(18)3/h6-11,13,19-20H,5,12H2,1-4H3. The largest absolute Gasteiger partial charge is 0.497 e. The quantitative estimate of drug-likeness (QED) is 0.848. The van der Waals surface area contributed by atoms with Crippen LogP contribution in [0.3, 0.4) is 0 Å². The molecule has 0 amide bonds. The summed E-state index contributed by atoms with van der Waals surface area (Å²) >= 11 is 0. The van der Waals surface area contributed by atoms with Gasteiger partial charge in [0.25, 0.3) is 0 Å². The van der Waals surface area contributed by atoms with Gasteiger partial charge in [0, 0.05) is 0 Å². The fourth-order valence-corrected chi connectivity index (χ4v) is 2.56. The maximum absolute atomic E-state index is 5.26. The van der Waals surface area contributed by atoms with Gasteiger partial charge in [-0.2, -0.15) is 0 Å². The molecule has 2 aromatic carbocycles. The average Bonchev–Trinajstić information content (AvgIpc) is 2.51. The van der Waals surface area contributed by atoms with Crippen molar-refractivity contribution in [2.45, 2.75) is 33.2 Å². The summed E-state index contributed by atoms with van der Waals surface area (Å²) in [7, 11) is 1.70. The minimum atomic E-state index is 0.232. The summed E-state index contributed by atoms with van der Waals surface area (Å²) in [4.78, 5) is 0. The minimum absolute atomic E-state index is 0.232. The van der Waals surface area contributed by atoms with E-state index in [0.717, 1.165) is 18.7 Å². The van der Waals surface area contributed by atoms with Crippen LogP contribution in [0.2, 0.25) is 0 Å². The molecule has 2 nitrogen and oxygen atoms in total. The SMILES string of the molecule is CCCNC(c1ccc(OC)cc1)c1cc(C)ccc1C. The molecule has 2 heteroatoms. The van der Waals surface area contributed by atoms with Crippen molar-refractivity contribution in [3.8, 4) is 5.75 Å². The highest BCUT2D eigenvalue weighted by atomic mass is 16.5. The molecule has 112 valence electrons. The van der Waals surface area contributed by atoms with Crippen molar-refractivity contribution in [2.24, 2.45) is 0 Å². The number of hydrogen-bond acceptors (Lipinski definition) is 2. The van der Waals surface area contributed by atoms with E-state index in [-0.39, 0.29) is 6.04 Å². The third kappa shape index (κ3) is 3.85. The predicted molar refractivity (Wildman–Crippen MR) is 89.0 cm³/mol. The van der Waals surface area contributed by atoms with Gasteiger partial charge >= 0.3 is 0 Å². The van der Waals surface area contributed by atoms with Crippen molar-refractivity contribution in [1.29, 1.82) is 0 Å². The molecule has 21 heavy (non-hydrogen) atoms. The maximum atomic E-state index is 5.26. The third-order valence-corrected chi connectivity index (χ3v) is 3.79. The van der Waals surface area contributed by atoms with E-state index in [1.165, 1.54) is 22.3 Å². The average molecular weight is 283 g/mol. The summed E-state index contributed by atoms with van der Waals surface area (Å²) in [6, 6.07) is 15.2. The Bertz CT molecular complexity index is 575. The van der Waals surface area contributed by atoms with Crippen molar-refractivity contribution in [2.75, 3.05) is 13.7 Å². The molecule has 0 spiro atoms. The number of ether oxygens (including phenoxy) is 1. The van der Waals surface area contributed by atoms with E-state index in [0.29, 0.717) is 0 Å². The summed E-state index contributed by atoms with van der Waals surface area (Å²) < 4.78 is 5.26. The van der Waals surface area contributed by atoms with Gasteiger partial charge in [-0.1, -0.05) is 42.8 Å². The lowest BCUT2D eigenvalue weighted by Gasteiger charge is -2.22. The summed E-state index contributed by atoms with van der Waals surface area (Å²) in [5, 5.41) is 3.67. The maximum Gasteiger partial charge on any atom is 0.118 e. The molecule has 1 atom stereocenters. The Morgan fingerprint density at radius 2 is 1.76 bits per heavy atom. The Labute approximate surface area is 128 Å². The molecule has 1 N–H and O–H groups in total. The minimum Gasteiger partial charge on any atom is -0.497 e. The van der Waals surface area contributed by atoms with Gasteiger partial charge in [-0.25, -0.2) is 0 Å². The molecule has 0 bridgehead atoms. The normalized spacial score (nSPS) is 12.2. The highest BCUT2D eigenvalue weighted by Gasteiger charge is 2.15. The molecule has 2 aromatic rings. The highest BCUT2D eigenvalue weighted by Crippen LogP contribution is 2.27. The molecule has 0 heterocycles. The summed E-state index contributed by atoms with van der Waals surface area (Å²) in [6.07, 6.45) is 1.12. The molecular weight excluding hydrogens is 258 g/mol. The van der Waals surface area contributed by atoms with Crippen LogP contribution in [-0.2, 0) is 0 Å². The monoisotopic (exact) mass is 283 g/mol. The van der Waals surface area contributed by atoms with Crippen molar-refractivity contribution >= 4 is 0 Å². The van der Waals surface area contributed by atoms with E-state index >= 15 is 0 Å². The first-order valence-corrected chi connectivity index (χ1v) is 7.60. The van der Waals surface area contributed by atoms with Gasteiger partial charge in [0.05, 0.1) is 13.2 Å². The van der Waals surface area contributed by atoms with E-state index in [1.54, 1.807) is 7.11 Å². The van der Waals surface area contributed by atoms with E-state index in [4.69, 9.17) is 4.74 Å². The van der Waals surface area contributed by atoms with Crippen LogP contribution >= 0.6 is 0 Å². The molecule has 0 aromatic heterocycles. The summed E-state index contributed by atoms with van der Waals surface area (Å²) in [6.45, 7) is 7.53. The third-order valence-electron chi connectivity index (χ3n) is 3.79. The molecule has 0 radical (unpaired) electrons. The van der Waals surface area contributed by atoms with Crippen molar-refractivity contribution in [1.82, 2.24) is 5.32 Å². The number of nitrogens with one attached hydrogen (secondary N) is 1. The topological polar surface area (TPSA) is 21.3 Å². The zero-order chi connectivity index (χ0) is 15.2. The van der Waals surface area contributed by atoms with Gasteiger partial charge in [0.1, 0.15) is 5.75 Å². The number of hydrogen-bond donors (Lipinski definition) is 1. The van der Waals surface area contributed by atoms with E-state index in [9.17, 15) is 0 Å². The van der Waals surface area contributed by atoms with Gasteiger partial charge in [0.2, 0.25) is 0 Å². The molecule has 0 aliphatic rings. The first-order valence-electron chi connectivity index (χ1n) is 7.60. The number of aryl methyl sites for hydroxylation is 2. The predicted octanol–water partition coefficient (Wildman–Crippen LogP) is 4.40. The zero-order valence-electron chi connectivity index (χ0n) is 13.4. The van der Waals surface area contributed by atoms with Crippen LogP contribution < -0.4 is 10.1 Å². The van der Waals surface area contributed by atoms with Crippen LogP contribution in [0.25, 0.3) is 0 Å². The van der Waals surface area contributed by atoms with Crippen LogP contribution in [0, 0.1) is 13.8 Å².